The maximum Gasteiger partial charge on any atom is 0.0393 e. The molecule has 1 unspecified atom stereocenters. The molecule has 120 valence electrons. The molecule has 0 bridgehead atoms. The fourth-order valence-corrected chi connectivity index (χ4v) is 3.53. The Balaban J connectivity index is 0.00000242. The van der Waals surface area contributed by atoms with E-state index in [-0.39, 0.29) is 23.9 Å². The second-order valence-electron chi connectivity index (χ2n) is 5.76. The van der Waals surface area contributed by atoms with Gasteiger partial charge in [-0.25, -0.2) is 0 Å². The second-order valence-corrected chi connectivity index (χ2v) is 5.76. The van der Waals surface area contributed by atoms with Crippen molar-refractivity contribution < 1.29 is 0 Å². The highest BCUT2D eigenvalue weighted by molar-refractivity contribution is 5.85. The van der Waals surface area contributed by atoms with Crippen LogP contribution in [0.25, 0.3) is 0 Å². The molecule has 0 aliphatic rings. The van der Waals surface area contributed by atoms with Crippen LogP contribution in [-0.4, -0.2) is 0 Å². The second kappa shape index (κ2) is 8.36. The maximum atomic E-state index is 6.75. The van der Waals surface area contributed by atoms with Gasteiger partial charge in [0.05, 0.1) is 0 Å². The standard InChI is InChI=1S/C20H27N.ClH/c1-4-16-12-10-11-15-18(16)20(5-2,6-3)19(21)17-13-8-7-9-14-17;/h7-15,19H,4-6,21H2,1-3H3;1H. The first kappa shape index (κ1) is 18.7. The van der Waals surface area contributed by atoms with Crippen LogP contribution in [0.3, 0.4) is 0 Å². The first-order valence-electron chi connectivity index (χ1n) is 8.08. The van der Waals surface area contributed by atoms with Crippen molar-refractivity contribution in [3.8, 4) is 0 Å². The zero-order valence-electron chi connectivity index (χ0n) is 13.9. The molecular weight excluding hydrogens is 290 g/mol. The number of benzene rings is 2. The molecule has 2 aromatic carbocycles. The molecule has 2 aromatic rings. The highest BCUT2D eigenvalue weighted by Crippen LogP contribution is 2.43. The van der Waals surface area contributed by atoms with Crippen LogP contribution in [0.15, 0.2) is 54.6 Å². The van der Waals surface area contributed by atoms with E-state index >= 15 is 0 Å². The van der Waals surface area contributed by atoms with Gasteiger partial charge in [0.25, 0.3) is 0 Å². The molecule has 0 heterocycles. The summed E-state index contributed by atoms with van der Waals surface area (Å²) in [6.07, 6.45) is 3.16. The molecule has 2 heteroatoms. The molecule has 0 radical (unpaired) electrons. The molecule has 0 saturated carbocycles. The van der Waals surface area contributed by atoms with Gasteiger partial charge in [0.15, 0.2) is 0 Å². The minimum Gasteiger partial charge on any atom is -0.323 e. The van der Waals surface area contributed by atoms with Gasteiger partial charge in [-0.2, -0.15) is 0 Å². The van der Waals surface area contributed by atoms with Crippen LogP contribution in [0.5, 0.6) is 0 Å². The molecule has 1 nitrogen and oxygen atoms in total. The Kier molecular flexibility index (Phi) is 7.12. The maximum absolute atomic E-state index is 6.75. The SMILES string of the molecule is CCc1ccccc1C(CC)(CC)C(N)c1ccccc1.Cl. The van der Waals surface area contributed by atoms with Crippen molar-refractivity contribution >= 4 is 12.4 Å². The number of hydrogen-bond donors (Lipinski definition) is 1. The number of rotatable bonds is 6. The third-order valence-corrected chi connectivity index (χ3v) is 4.95. The lowest BCUT2D eigenvalue weighted by Gasteiger charge is -2.40. The molecule has 0 aromatic heterocycles. The lowest BCUT2D eigenvalue weighted by atomic mass is 9.67. The van der Waals surface area contributed by atoms with Crippen LogP contribution in [0.4, 0.5) is 0 Å². The molecule has 0 fully saturated rings. The van der Waals surface area contributed by atoms with Gasteiger partial charge < -0.3 is 5.73 Å². The summed E-state index contributed by atoms with van der Waals surface area (Å²) < 4.78 is 0. The lowest BCUT2D eigenvalue weighted by Crippen LogP contribution is -2.38. The van der Waals surface area contributed by atoms with Crippen LogP contribution in [0.2, 0.25) is 0 Å². The van der Waals surface area contributed by atoms with Gasteiger partial charge in [0.2, 0.25) is 0 Å². The van der Waals surface area contributed by atoms with Crippen LogP contribution in [0.1, 0.15) is 56.3 Å². The summed E-state index contributed by atoms with van der Waals surface area (Å²) in [5, 5.41) is 0. The fraction of sp³-hybridized carbons (Fsp3) is 0.400. The zero-order chi connectivity index (χ0) is 15.3. The highest BCUT2D eigenvalue weighted by Gasteiger charge is 2.37. The van der Waals surface area contributed by atoms with E-state index < -0.39 is 0 Å². The van der Waals surface area contributed by atoms with E-state index in [4.69, 9.17) is 5.73 Å². The van der Waals surface area contributed by atoms with Crippen molar-refractivity contribution in [2.75, 3.05) is 0 Å². The summed E-state index contributed by atoms with van der Waals surface area (Å²) in [4.78, 5) is 0. The Labute approximate surface area is 141 Å². The summed E-state index contributed by atoms with van der Waals surface area (Å²) in [7, 11) is 0. The summed E-state index contributed by atoms with van der Waals surface area (Å²) in [6.45, 7) is 6.75. The average Bonchev–Trinajstić information content (AvgIpc) is 2.57. The van der Waals surface area contributed by atoms with E-state index in [0.717, 1.165) is 19.3 Å². The van der Waals surface area contributed by atoms with Crippen LogP contribution >= 0.6 is 12.4 Å². The minimum absolute atomic E-state index is 0. The molecule has 0 saturated heterocycles. The van der Waals surface area contributed by atoms with Gasteiger partial charge in [-0.3, -0.25) is 0 Å². The fourth-order valence-electron chi connectivity index (χ4n) is 3.53. The van der Waals surface area contributed by atoms with Crippen molar-refractivity contribution in [1.29, 1.82) is 0 Å². The van der Waals surface area contributed by atoms with E-state index in [1.54, 1.807) is 0 Å². The third kappa shape index (κ3) is 3.37. The van der Waals surface area contributed by atoms with Crippen LogP contribution in [0, 0.1) is 0 Å². The molecule has 22 heavy (non-hydrogen) atoms. The Hall–Kier alpha value is -1.31. The number of hydrogen-bond acceptors (Lipinski definition) is 1. The smallest absolute Gasteiger partial charge is 0.0393 e. The van der Waals surface area contributed by atoms with Gasteiger partial charge >= 0.3 is 0 Å². The van der Waals surface area contributed by atoms with Gasteiger partial charge in [0.1, 0.15) is 0 Å². The van der Waals surface area contributed by atoms with Crippen molar-refractivity contribution in [3.05, 3.63) is 71.3 Å². The first-order valence-corrected chi connectivity index (χ1v) is 8.08. The molecule has 0 aliphatic heterocycles. The Morgan fingerprint density at radius 1 is 0.864 bits per heavy atom. The summed E-state index contributed by atoms with van der Waals surface area (Å²) >= 11 is 0. The molecule has 0 spiro atoms. The van der Waals surface area contributed by atoms with E-state index in [1.807, 2.05) is 0 Å². The molecule has 0 aliphatic carbocycles. The van der Waals surface area contributed by atoms with Crippen molar-refractivity contribution in [2.45, 2.75) is 51.5 Å². The van der Waals surface area contributed by atoms with Crippen molar-refractivity contribution in [2.24, 2.45) is 5.73 Å². The normalized spacial score (nSPS) is 12.5. The minimum atomic E-state index is 0. The largest absolute Gasteiger partial charge is 0.323 e. The molecule has 0 amide bonds. The van der Waals surface area contributed by atoms with E-state index in [2.05, 4.69) is 75.4 Å². The quantitative estimate of drug-likeness (QED) is 0.755. The monoisotopic (exact) mass is 317 g/mol. The molecule has 2 rings (SSSR count). The van der Waals surface area contributed by atoms with Gasteiger partial charge in [0, 0.05) is 11.5 Å². The van der Waals surface area contributed by atoms with E-state index in [9.17, 15) is 0 Å². The highest BCUT2D eigenvalue weighted by atomic mass is 35.5. The summed E-state index contributed by atoms with van der Waals surface area (Å²) in [6, 6.07) is 19.3. The van der Waals surface area contributed by atoms with Crippen LogP contribution in [-0.2, 0) is 11.8 Å². The molecular formula is C20H28ClN. The topological polar surface area (TPSA) is 26.0 Å². The van der Waals surface area contributed by atoms with E-state index in [1.165, 1.54) is 16.7 Å². The van der Waals surface area contributed by atoms with Gasteiger partial charge in [-0.15, -0.1) is 12.4 Å². The Morgan fingerprint density at radius 2 is 1.41 bits per heavy atom. The summed E-state index contributed by atoms with van der Waals surface area (Å²) in [5.74, 6) is 0. The average molecular weight is 318 g/mol. The molecule has 2 N–H and O–H groups in total. The Morgan fingerprint density at radius 3 is 1.95 bits per heavy atom. The molecule has 1 atom stereocenters. The number of halogens is 1. The van der Waals surface area contributed by atoms with Crippen molar-refractivity contribution in [3.63, 3.8) is 0 Å². The van der Waals surface area contributed by atoms with Crippen molar-refractivity contribution in [1.82, 2.24) is 0 Å². The lowest BCUT2D eigenvalue weighted by molar-refractivity contribution is 0.320. The predicted octanol–water partition coefficient (Wildman–Crippen LogP) is 5.43. The van der Waals surface area contributed by atoms with E-state index in [0.29, 0.717) is 0 Å². The summed E-state index contributed by atoms with van der Waals surface area (Å²) in [5.41, 5.74) is 10.8. The number of aryl methyl sites for hydroxylation is 1. The van der Waals surface area contributed by atoms with Gasteiger partial charge in [-0.05, 0) is 36.0 Å². The third-order valence-electron chi connectivity index (χ3n) is 4.95. The Bertz CT molecular complexity index is 561. The first-order chi connectivity index (χ1) is 10.2. The predicted molar refractivity (Wildman–Crippen MR) is 98.7 cm³/mol. The van der Waals surface area contributed by atoms with Crippen LogP contribution < -0.4 is 5.73 Å². The zero-order valence-corrected chi connectivity index (χ0v) is 14.7. The van der Waals surface area contributed by atoms with Gasteiger partial charge in [-0.1, -0.05) is 75.4 Å². The number of nitrogens with two attached hydrogens (primary N) is 1.